The molecule has 0 bridgehead atoms. The molecule has 0 spiro atoms. The second kappa shape index (κ2) is 7.34. The van der Waals surface area contributed by atoms with Crippen molar-refractivity contribution in [2.45, 2.75) is 32.1 Å². The van der Waals surface area contributed by atoms with Gasteiger partial charge in [-0.2, -0.15) is 5.10 Å². The van der Waals surface area contributed by atoms with Gasteiger partial charge in [-0.15, -0.1) is 0 Å². The number of nitrogens with zero attached hydrogens (tertiary/aromatic N) is 3. The van der Waals surface area contributed by atoms with E-state index in [1.807, 2.05) is 6.92 Å². The zero-order chi connectivity index (χ0) is 21.7. The number of fused-ring (bicyclic) bond motifs is 2. The van der Waals surface area contributed by atoms with E-state index in [0.717, 1.165) is 22.9 Å². The third-order valence-electron chi connectivity index (χ3n) is 5.76. The Hall–Kier alpha value is -3.48. The monoisotopic (exact) mass is 421 g/mol. The van der Waals surface area contributed by atoms with Crippen molar-refractivity contribution >= 4 is 11.4 Å². The molecule has 7 heteroatoms. The summed E-state index contributed by atoms with van der Waals surface area (Å²) in [5, 5.41) is 4.58. The van der Waals surface area contributed by atoms with E-state index in [0.29, 0.717) is 35.3 Å². The first kappa shape index (κ1) is 19.5. The van der Waals surface area contributed by atoms with Gasteiger partial charge in [-0.3, -0.25) is 4.79 Å². The van der Waals surface area contributed by atoms with E-state index in [1.54, 1.807) is 22.8 Å². The van der Waals surface area contributed by atoms with Gasteiger partial charge in [-0.1, -0.05) is 19.1 Å². The average Bonchev–Trinajstić information content (AvgIpc) is 3.10. The van der Waals surface area contributed by atoms with E-state index in [4.69, 9.17) is 4.98 Å². The number of carbonyl (C=O) groups is 1. The molecular weight excluding hydrogens is 403 g/mol. The standard InChI is InChI=1S/C24H18F3N3O/c1-2-20-23(13-3-5-16(25)6-4-13)24-28-21-9-15(14-7-17(26)11-18(27)8-14)10-22(31)19(21)12-30(24)29-20/h3-8,11-12,15H,2,9-10H2,1H3. The number of carbonyl (C=O) groups excluding carboxylic acids is 1. The van der Waals surface area contributed by atoms with Crippen molar-refractivity contribution in [2.75, 3.05) is 0 Å². The molecule has 4 nitrogen and oxygen atoms in total. The van der Waals surface area contributed by atoms with Crippen LogP contribution in [0.3, 0.4) is 0 Å². The lowest BCUT2D eigenvalue weighted by molar-refractivity contribution is 0.0962. The minimum absolute atomic E-state index is 0.137. The van der Waals surface area contributed by atoms with Crippen LogP contribution in [0.25, 0.3) is 16.8 Å². The first-order valence-electron chi connectivity index (χ1n) is 10.1. The van der Waals surface area contributed by atoms with Crippen molar-refractivity contribution < 1.29 is 18.0 Å². The lowest BCUT2D eigenvalue weighted by atomic mass is 9.82. The van der Waals surface area contributed by atoms with Crippen LogP contribution in [0.4, 0.5) is 13.2 Å². The van der Waals surface area contributed by atoms with Crippen LogP contribution in [0, 0.1) is 17.5 Å². The molecule has 1 aliphatic carbocycles. The molecule has 4 aromatic rings. The molecule has 0 N–H and O–H groups in total. The minimum atomic E-state index is -0.668. The predicted octanol–water partition coefficient (Wildman–Crippen LogP) is 5.29. The number of rotatable bonds is 3. The minimum Gasteiger partial charge on any atom is -0.294 e. The zero-order valence-corrected chi connectivity index (χ0v) is 16.7. The van der Waals surface area contributed by atoms with Crippen LogP contribution < -0.4 is 0 Å². The molecule has 0 saturated heterocycles. The SMILES string of the molecule is CCc1nn2cc3c(nc2c1-c1ccc(F)cc1)CC(c1cc(F)cc(F)c1)CC3=O. The molecule has 0 saturated carbocycles. The summed E-state index contributed by atoms with van der Waals surface area (Å²) in [5.74, 6) is -2.16. The lowest BCUT2D eigenvalue weighted by Crippen LogP contribution is -2.21. The number of Topliss-reactive ketones (excluding diaryl/α,β-unsaturated/α-hetero) is 1. The van der Waals surface area contributed by atoms with Crippen LogP contribution in [-0.4, -0.2) is 20.4 Å². The molecular formula is C24H18F3N3O. The molecule has 156 valence electrons. The highest BCUT2D eigenvalue weighted by molar-refractivity contribution is 5.99. The first-order chi connectivity index (χ1) is 14.9. The van der Waals surface area contributed by atoms with E-state index in [1.165, 1.54) is 24.3 Å². The molecule has 2 aromatic carbocycles. The van der Waals surface area contributed by atoms with Gasteiger partial charge in [0.2, 0.25) is 0 Å². The summed E-state index contributed by atoms with van der Waals surface area (Å²) in [6.07, 6.45) is 2.85. The molecule has 2 aromatic heterocycles. The van der Waals surface area contributed by atoms with E-state index in [-0.39, 0.29) is 23.9 Å². The Balaban J connectivity index is 1.64. The number of ketones is 1. The third-order valence-corrected chi connectivity index (χ3v) is 5.76. The molecule has 31 heavy (non-hydrogen) atoms. The molecule has 0 fully saturated rings. The summed E-state index contributed by atoms with van der Waals surface area (Å²) < 4.78 is 42.5. The second-order valence-corrected chi connectivity index (χ2v) is 7.78. The van der Waals surface area contributed by atoms with Gasteiger partial charge >= 0.3 is 0 Å². The average molecular weight is 421 g/mol. The highest BCUT2D eigenvalue weighted by Crippen LogP contribution is 2.35. The second-order valence-electron chi connectivity index (χ2n) is 7.78. The van der Waals surface area contributed by atoms with Crippen LogP contribution in [-0.2, 0) is 12.8 Å². The van der Waals surface area contributed by atoms with Gasteiger partial charge in [0, 0.05) is 24.2 Å². The van der Waals surface area contributed by atoms with Crippen molar-refractivity contribution in [3.63, 3.8) is 0 Å². The number of halogens is 3. The van der Waals surface area contributed by atoms with Gasteiger partial charge in [-0.05, 0) is 54.2 Å². The quantitative estimate of drug-likeness (QED) is 0.452. The maximum atomic E-state index is 13.7. The molecule has 1 atom stereocenters. The fraction of sp³-hybridized carbons (Fsp3) is 0.208. The Morgan fingerprint density at radius 3 is 2.39 bits per heavy atom. The van der Waals surface area contributed by atoms with Gasteiger partial charge in [0.05, 0.1) is 17.0 Å². The number of hydrogen-bond donors (Lipinski definition) is 0. The molecule has 0 radical (unpaired) electrons. The van der Waals surface area contributed by atoms with Gasteiger partial charge in [0.25, 0.3) is 0 Å². The Kier molecular flexibility index (Phi) is 4.61. The van der Waals surface area contributed by atoms with E-state index < -0.39 is 11.6 Å². The van der Waals surface area contributed by atoms with E-state index in [2.05, 4.69) is 5.10 Å². The lowest BCUT2D eigenvalue weighted by Gasteiger charge is -2.23. The van der Waals surface area contributed by atoms with Crippen LogP contribution in [0.2, 0.25) is 0 Å². The van der Waals surface area contributed by atoms with Crippen molar-refractivity contribution in [1.29, 1.82) is 0 Å². The molecule has 5 rings (SSSR count). The van der Waals surface area contributed by atoms with Crippen LogP contribution in [0.5, 0.6) is 0 Å². The summed E-state index contributed by atoms with van der Waals surface area (Å²) in [4.78, 5) is 17.6. The zero-order valence-electron chi connectivity index (χ0n) is 16.7. The van der Waals surface area contributed by atoms with E-state index in [9.17, 15) is 18.0 Å². The summed E-state index contributed by atoms with van der Waals surface area (Å²) in [6, 6.07) is 9.47. The normalized spacial score (nSPS) is 16.0. The third kappa shape index (κ3) is 3.40. The van der Waals surface area contributed by atoms with Crippen molar-refractivity contribution in [1.82, 2.24) is 14.6 Å². The Morgan fingerprint density at radius 1 is 1.00 bits per heavy atom. The summed E-state index contributed by atoms with van der Waals surface area (Å²) >= 11 is 0. The molecule has 2 heterocycles. The maximum absolute atomic E-state index is 13.7. The van der Waals surface area contributed by atoms with Crippen LogP contribution in [0.15, 0.2) is 48.7 Å². The fourth-order valence-corrected chi connectivity index (χ4v) is 4.29. The molecule has 0 aliphatic heterocycles. The number of benzene rings is 2. The Morgan fingerprint density at radius 2 is 1.71 bits per heavy atom. The first-order valence-corrected chi connectivity index (χ1v) is 10.1. The summed E-state index contributed by atoms with van der Waals surface area (Å²) in [7, 11) is 0. The van der Waals surface area contributed by atoms with Gasteiger partial charge < -0.3 is 0 Å². The van der Waals surface area contributed by atoms with Gasteiger partial charge in [-0.25, -0.2) is 22.7 Å². The molecule has 1 aliphatic rings. The maximum Gasteiger partial charge on any atom is 0.166 e. The van der Waals surface area contributed by atoms with Gasteiger partial charge in [0.1, 0.15) is 17.5 Å². The van der Waals surface area contributed by atoms with E-state index >= 15 is 0 Å². The summed E-state index contributed by atoms with van der Waals surface area (Å²) in [6.45, 7) is 1.97. The Bertz CT molecular complexity index is 1310. The number of hydrogen-bond acceptors (Lipinski definition) is 3. The highest BCUT2D eigenvalue weighted by atomic mass is 19.1. The topological polar surface area (TPSA) is 47.3 Å². The number of aromatic nitrogens is 3. The molecule has 1 unspecified atom stereocenters. The number of aryl methyl sites for hydroxylation is 1. The highest BCUT2D eigenvalue weighted by Gasteiger charge is 2.30. The van der Waals surface area contributed by atoms with Crippen LogP contribution in [0.1, 0.15) is 46.6 Å². The smallest absolute Gasteiger partial charge is 0.166 e. The van der Waals surface area contributed by atoms with Crippen LogP contribution >= 0.6 is 0 Å². The van der Waals surface area contributed by atoms with Crippen molar-refractivity contribution in [2.24, 2.45) is 0 Å². The fourth-order valence-electron chi connectivity index (χ4n) is 4.29. The summed E-state index contributed by atoms with van der Waals surface area (Å²) in [5.41, 5.74) is 4.42. The Labute approximate surface area is 176 Å². The van der Waals surface area contributed by atoms with Gasteiger partial charge in [0.15, 0.2) is 11.4 Å². The van der Waals surface area contributed by atoms with Crippen molar-refractivity contribution in [3.8, 4) is 11.1 Å². The largest absolute Gasteiger partial charge is 0.294 e. The van der Waals surface area contributed by atoms with Crippen molar-refractivity contribution in [3.05, 3.63) is 88.6 Å². The molecule has 0 amide bonds. The predicted molar refractivity (Wildman–Crippen MR) is 110 cm³/mol.